The van der Waals surface area contributed by atoms with E-state index in [1.54, 1.807) is 0 Å². The summed E-state index contributed by atoms with van der Waals surface area (Å²) in [4.78, 5) is 15.6. The molecule has 20 heavy (non-hydrogen) atoms. The van der Waals surface area contributed by atoms with Gasteiger partial charge < -0.3 is 10.5 Å². The van der Waals surface area contributed by atoms with Crippen LogP contribution in [0, 0.1) is 0 Å². The van der Waals surface area contributed by atoms with Crippen LogP contribution >= 0.6 is 11.6 Å². The van der Waals surface area contributed by atoms with Crippen molar-refractivity contribution in [2.45, 2.75) is 12.8 Å². The summed E-state index contributed by atoms with van der Waals surface area (Å²) in [7, 11) is 0. The van der Waals surface area contributed by atoms with Crippen molar-refractivity contribution >= 4 is 23.3 Å². The molecule has 2 N–H and O–H groups in total. The maximum absolute atomic E-state index is 11.8. The van der Waals surface area contributed by atoms with Crippen LogP contribution in [0.25, 0.3) is 0 Å². The fraction of sp³-hybridized carbons (Fsp3) is 0.200. The largest absolute Gasteiger partial charge is 0.462 e. The van der Waals surface area contributed by atoms with E-state index in [0.717, 1.165) is 12.8 Å². The van der Waals surface area contributed by atoms with Gasteiger partial charge >= 0.3 is 5.97 Å². The third-order valence-corrected chi connectivity index (χ3v) is 3.01. The van der Waals surface area contributed by atoms with Crippen LogP contribution in [0.15, 0.2) is 42.6 Å². The lowest BCUT2D eigenvalue weighted by Gasteiger charge is -2.07. The predicted octanol–water partition coefficient (Wildman–Crippen LogP) is 3.11. The highest BCUT2D eigenvalue weighted by atomic mass is 35.5. The molecule has 0 saturated carbocycles. The van der Waals surface area contributed by atoms with Gasteiger partial charge in [-0.25, -0.2) is 9.78 Å². The molecular weight excluding hydrogens is 276 g/mol. The van der Waals surface area contributed by atoms with Gasteiger partial charge in [-0.3, -0.25) is 0 Å². The fourth-order valence-corrected chi connectivity index (χ4v) is 1.94. The Bertz CT molecular complexity index is 588. The number of nitrogens with zero attached hydrogens (tertiary/aromatic N) is 1. The van der Waals surface area contributed by atoms with E-state index in [2.05, 4.69) is 4.98 Å². The molecule has 1 heterocycles. The summed E-state index contributed by atoms with van der Waals surface area (Å²) in [5, 5.41) is 0.218. The van der Waals surface area contributed by atoms with Crippen molar-refractivity contribution in [2.24, 2.45) is 0 Å². The van der Waals surface area contributed by atoms with Crippen LogP contribution in [0.3, 0.4) is 0 Å². The van der Waals surface area contributed by atoms with E-state index in [9.17, 15) is 4.79 Å². The summed E-state index contributed by atoms with van der Waals surface area (Å²) in [6.07, 6.45) is 2.97. The summed E-state index contributed by atoms with van der Waals surface area (Å²) in [6.45, 7) is 0.340. The van der Waals surface area contributed by atoms with Crippen molar-refractivity contribution in [3.05, 3.63) is 58.9 Å². The molecule has 104 valence electrons. The van der Waals surface area contributed by atoms with E-state index < -0.39 is 5.97 Å². The number of carbonyl (C=O) groups is 1. The fourth-order valence-electron chi connectivity index (χ4n) is 1.78. The summed E-state index contributed by atoms with van der Waals surface area (Å²) in [5.41, 5.74) is 7.40. The molecule has 2 rings (SSSR count). The number of esters is 1. The molecule has 0 bridgehead atoms. The zero-order valence-electron chi connectivity index (χ0n) is 10.9. The number of hydrogen-bond acceptors (Lipinski definition) is 4. The minimum absolute atomic E-state index is 0.218. The molecule has 0 unspecified atom stereocenters. The lowest BCUT2D eigenvalue weighted by Crippen LogP contribution is -2.10. The van der Waals surface area contributed by atoms with Crippen LogP contribution in [0.1, 0.15) is 22.3 Å². The van der Waals surface area contributed by atoms with Gasteiger partial charge in [0, 0.05) is 0 Å². The number of ether oxygens (including phenoxy) is 1. The zero-order chi connectivity index (χ0) is 14.4. The molecule has 4 nitrogen and oxygen atoms in total. The maximum atomic E-state index is 11.8. The number of pyridine rings is 1. The molecule has 0 saturated heterocycles. The summed E-state index contributed by atoms with van der Waals surface area (Å²) in [6, 6.07) is 11.4. The van der Waals surface area contributed by atoms with Gasteiger partial charge in [0.1, 0.15) is 5.15 Å². The Morgan fingerprint density at radius 2 is 2.05 bits per heavy atom. The molecular formula is C15H15ClN2O2. The van der Waals surface area contributed by atoms with E-state index in [1.165, 1.54) is 17.8 Å². The standard InChI is InChI=1S/C15H15ClN2O2/c16-14-9-12(13(17)10-18-14)15(19)20-8-4-7-11-5-2-1-3-6-11/h1-3,5-6,9-10H,4,7-8,17H2. The first-order chi connectivity index (χ1) is 9.66. The van der Waals surface area contributed by atoms with Gasteiger partial charge in [-0.1, -0.05) is 41.9 Å². The third kappa shape index (κ3) is 3.96. The minimum Gasteiger partial charge on any atom is -0.462 e. The van der Waals surface area contributed by atoms with Crippen molar-refractivity contribution in [3.8, 4) is 0 Å². The Labute approximate surface area is 122 Å². The Morgan fingerprint density at radius 3 is 2.80 bits per heavy atom. The number of aryl methyl sites for hydroxylation is 1. The van der Waals surface area contributed by atoms with Crippen molar-refractivity contribution in [3.63, 3.8) is 0 Å². The number of halogens is 1. The van der Waals surface area contributed by atoms with Gasteiger partial charge in [0.15, 0.2) is 0 Å². The Hall–Kier alpha value is -2.07. The monoisotopic (exact) mass is 290 g/mol. The normalized spacial score (nSPS) is 10.2. The average Bonchev–Trinajstić information content (AvgIpc) is 2.47. The molecule has 0 aliphatic rings. The number of rotatable bonds is 5. The molecule has 0 spiro atoms. The quantitative estimate of drug-likeness (QED) is 0.522. The Morgan fingerprint density at radius 1 is 1.30 bits per heavy atom. The van der Waals surface area contributed by atoms with E-state index in [-0.39, 0.29) is 16.4 Å². The van der Waals surface area contributed by atoms with Crippen molar-refractivity contribution in [1.29, 1.82) is 0 Å². The van der Waals surface area contributed by atoms with Crippen LogP contribution in [0.5, 0.6) is 0 Å². The van der Waals surface area contributed by atoms with Gasteiger partial charge in [0.05, 0.1) is 24.1 Å². The second-order valence-corrected chi connectivity index (χ2v) is 4.71. The summed E-state index contributed by atoms with van der Waals surface area (Å²) >= 11 is 5.73. The van der Waals surface area contributed by atoms with Gasteiger partial charge in [-0.15, -0.1) is 0 Å². The molecule has 0 atom stereocenters. The number of hydrogen-bond donors (Lipinski definition) is 1. The second-order valence-electron chi connectivity index (χ2n) is 4.32. The number of benzene rings is 1. The first-order valence-corrected chi connectivity index (χ1v) is 6.66. The molecule has 1 aromatic carbocycles. The van der Waals surface area contributed by atoms with Crippen LogP contribution in [0.2, 0.25) is 5.15 Å². The zero-order valence-corrected chi connectivity index (χ0v) is 11.6. The highest BCUT2D eigenvalue weighted by Gasteiger charge is 2.12. The number of nitrogens with two attached hydrogens (primary N) is 1. The highest BCUT2D eigenvalue weighted by Crippen LogP contribution is 2.16. The molecule has 0 fully saturated rings. The second kappa shape index (κ2) is 6.91. The van der Waals surface area contributed by atoms with E-state index >= 15 is 0 Å². The summed E-state index contributed by atoms with van der Waals surface area (Å²) < 4.78 is 5.18. The summed E-state index contributed by atoms with van der Waals surface area (Å²) in [5.74, 6) is -0.472. The third-order valence-electron chi connectivity index (χ3n) is 2.81. The van der Waals surface area contributed by atoms with E-state index in [0.29, 0.717) is 6.61 Å². The number of aromatic nitrogens is 1. The smallest absolute Gasteiger partial charge is 0.340 e. The minimum atomic E-state index is -0.472. The van der Waals surface area contributed by atoms with Gasteiger partial charge in [0.25, 0.3) is 0 Å². The van der Waals surface area contributed by atoms with E-state index in [1.807, 2.05) is 30.3 Å². The maximum Gasteiger partial charge on any atom is 0.340 e. The highest BCUT2D eigenvalue weighted by molar-refractivity contribution is 6.29. The van der Waals surface area contributed by atoms with Crippen LogP contribution < -0.4 is 5.73 Å². The predicted molar refractivity (Wildman–Crippen MR) is 78.7 cm³/mol. The van der Waals surface area contributed by atoms with Gasteiger partial charge in [0.2, 0.25) is 0 Å². The SMILES string of the molecule is Nc1cnc(Cl)cc1C(=O)OCCCc1ccccc1. The van der Waals surface area contributed by atoms with Crippen molar-refractivity contribution in [2.75, 3.05) is 12.3 Å². The number of anilines is 1. The first kappa shape index (κ1) is 14.3. The van der Waals surface area contributed by atoms with Crippen molar-refractivity contribution in [1.82, 2.24) is 4.98 Å². The van der Waals surface area contributed by atoms with Crippen LogP contribution in [0.4, 0.5) is 5.69 Å². The molecule has 0 aliphatic carbocycles. The van der Waals surface area contributed by atoms with Crippen LogP contribution in [-0.4, -0.2) is 17.6 Å². The van der Waals surface area contributed by atoms with Crippen molar-refractivity contribution < 1.29 is 9.53 Å². The molecule has 1 aromatic heterocycles. The molecule has 5 heteroatoms. The van der Waals surface area contributed by atoms with Gasteiger partial charge in [-0.2, -0.15) is 0 Å². The van der Waals surface area contributed by atoms with Gasteiger partial charge in [-0.05, 0) is 24.5 Å². The van der Waals surface area contributed by atoms with Crippen LogP contribution in [-0.2, 0) is 11.2 Å². The lowest BCUT2D eigenvalue weighted by atomic mass is 10.1. The number of nitrogen functional groups attached to an aromatic ring is 1. The Balaban J connectivity index is 1.82. The molecule has 0 aliphatic heterocycles. The Kier molecular flexibility index (Phi) is 4.96. The molecule has 0 radical (unpaired) electrons. The number of carbonyl (C=O) groups excluding carboxylic acids is 1. The first-order valence-electron chi connectivity index (χ1n) is 6.29. The topological polar surface area (TPSA) is 65.2 Å². The molecule has 0 amide bonds. The lowest BCUT2D eigenvalue weighted by molar-refractivity contribution is 0.0502. The van der Waals surface area contributed by atoms with E-state index in [4.69, 9.17) is 22.1 Å². The molecule has 2 aromatic rings. The average molecular weight is 291 g/mol.